The number of hydrogen-bond acceptors (Lipinski definition) is 5. The zero-order valence-electron chi connectivity index (χ0n) is 15.6. The minimum absolute atomic E-state index is 0.00857. The summed E-state index contributed by atoms with van der Waals surface area (Å²) in [5.41, 5.74) is 4.51. The Labute approximate surface area is 187 Å². The van der Waals surface area contributed by atoms with Crippen molar-refractivity contribution in [3.05, 3.63) is 70.9 Å². The monoisotopic (exact) mass is 460 g/mol. The van der Waals surface area contributed by atoms with Crippen molar-refractivity contribution in [1.29, 1.82) is 0 Å². The number of aromatic nitrogens is 2. The first kappa shape index (κ1) is 17.7. The molecule has 0 saturated carbocycles. The Bertz CT molecular complexity index is 1530. The fourth-order valence-electron chi connectivity index (χ4n) is 4.28. The van der Waals surface area contributed by atoms with Crippen molar-refractivity contribution < 1.29 is 8.78 Å². The van der Waals surface area contributed by atoms with Gasteiger partial charge in [0.25, 0.3) is 0 Å². The fraction of sp³-hybridized carbons (Fsp3) is 0. The van der Waals surface area contributed by atoms with E-state index in [4.69, 9.17) is 9.97 Å². The lowest BCUT2D eigenvalue weighted by atomic mass is 10.0. The topological polar surface area (TPSA) is 25.8 Å². The molecule has 4 heterocycles. The zero-order chi connectivity index (χ0) is 20.7. The second kappa shape index (κ2) is 6.26. The van der Waals surface area contributed by atoms with Gasteiger partial charge in [-0.3, -0.25) is 0 Å². The van der Waals surface area contributed by atoms with Crippen LogP contribution in [0.25, 0.3) is 63.8 Å². The molecule has 2 aromatic carbocycles. The largest absolute Gasteiger partial charge is 0.242 e. The Kier molecular flexibility index (Phi) is 3.57. The van der Waals surface area contributed by atoms with E-state index < -0.39 is 11.6 Å². The lowest BCUT2D eigenvalue weighted by molar-refractivity contribution is 0.608. The second-order valence-electron chi connectivity index (χ2n) is 7.27. The molecule has 6 aromatic rings. The molecule has 0 bridgehead atoms. The Morgan fingerprint density at radius 3 is 1.58 bits per heavy atom. The second-order valence-corrected chi connectivity index (χ2v) is 10.2. The maximum Gasteiger partial charge on any atom is 0.134 e. The maximum absolute atomic E-state index is 14.5. The molecule has 7 heteroatoms. The summed E-state index contributed by atoms with van der Waals surface area (Å²) < 4.78 is 29.0. The van der Waals surface area contributed by atoms with E-state index >= 15 is 0 Å². The molecule has 0 unspecified atom stereocenters. The molecule has 0 atom stereocenters. The quantitative estimate of drug-likeness (QED) is 0.260. The lowest BCUT2D eigenvalue weighted by Gasteiger charge is -2.03. The van der Waals surface area contributed by atoms with Crippen LogP contribution in [0.3, 0.4) is 0 Å². The van der Waals surface area contributed by atoms with Crippen LogP contribution in [0.5, 0.6) is 0 Å². The average Bonchev–Trinajstić information content (AvgIpc) is 3.56. The molecule has 148 valence electrons. The Balaban J connectivity index is 1.62. The van der Waals surface area contributed by atoms with Gasteiger partial charge in [0.1, 0.15) is 22.7 Å². The highest BCUT2D eigenvalue weighted by molar-refractivity contribution is 7.27. The molecule has 7 rings (SSSR count). The molecule has 0 radical (unpaired) electrons. The van der Waals surface area contributed by atoms with E-state index in [1.54, 1.807) is 46.1 Å². The molecule has 0 aliphatic heterocycles. The molecule has 4 aromatic heterocycles. The SMILES string of the molecule is Fc1ccc2c3c(ccc(F)c13)-c1nc3c(-c4cccs4)sc(-c4cccs4)c3nc1-2. The molecule has 0 saturated heterocycles. The van der Waals surface area contributed by atoms with Gasteiger partial charge in [0.05, 0.1) is 26.5 Å². The summed E-state index contributed by atoms with van der Waals surface area (Å²) in [5, 5.41) is 4.67. The minimum atomic E-state index is -0.564. The van der Waals surface area contributed by atoms with Gasteiger partial charge in [0.15, 0.2) is 0 Å². The predicted octanol–water partition coefficient (Wildman–Crippen LogP) is 8.23. The van der Waals surface area contributed by atoms with Gasteiger partial charge in [0.2, 0.25) is 0 Å². The highest BCUT2D eigenvalue weighted by Gasteiger charge is 2.30. The number of hydrogen-bond donors (Lipinski definition) is 0. The summed E-state index contributed by atoms with van der Waals surface area (Å²) >= 11 is 5.03. The Morgan fingerprint density at radius 2 is 1.13 bits per heavy atom. The molecule has 0 fully saturated rings. The van der Waals surface area contributed by atoms with Crippen LogP contribution < -0.4 is 0 Å². The molecule has 1 aliphatic carbocycles. The molecule has 1 aliphatic rings. The summed E-state index contributed by atoms with van der Waals surface area (Å²) in [7, 11) is 0. The van der Waals surface area contributed by atoms with Gasteiger partial charge in [-0.1, -0.05) is 12.1 Å². The summed E-state index contributed by atoms with van der Waals surface area (Å²) in [6.45, 7) is 0. The Hall–Kier alpha value is -3.00. The van der Waals surface area contributed by atoms with Crippen LogP contribution in [0.15, 0.2) is 59.3 Å². The van der Waals surface area contributed by atoms with Crippen LogP contribution >= 0.6 is 34.0 Å². The maximum atomic E-state index is 14.5. The fourth-order valence-corrected chi connectivity index (χ4v) is 7.17. The van der Waals surface area contributed by atoms with Crippen LogP contribution in [-0.2, 0) is 0 Å². The van der Waals surface area contributed by atoms with E-state index in [2.05, 4.69) is 22.9 Å². The van der Waals surface area contributed by atoms with Gasteiger partial charge < -0.3 is 0 Å². The highest BCUT2D eigenvalue weighted by Crippen LogP contribution is 2.51. The predicted molar refractivity (Wildman–Crippen MR) is 126 cm³/mol. The van der Waals surface area contributed by atoms with Gasteiger partial charge in [-0.25, -0.2) is 18.7 Å². The van der Waals surface area contributed by atoms with Crippen LogP contribution in [0.4, 0.5) is 8.78 Å². The zero-order valence-corrected chi connectivity index (χ0v) is 18.1. The van der Waals surface area contributed by atoms with E-state index in [0.717, 1.165) is 41.7 Å². The first-order valence-corrected chi connectivity index (χ1v) is 12.1. The molecule has 2 nitrogen and oxygen atoms in total. The summed E-state index contributed by atoms with van der Waals surface area (Å²) in [6.07, 6.45) is 0. The lowest BCUT2D eigenvalue weighted by Crippen LogP contribution is -1.89. The number of benzene rings is 2. The molecule has 0 spiro atoms. The third kappa shape index (κ3) is 2.34. The van der Waals surface area contributed by atoms with Crippen molar-refractivity contribution in [1.82, 2.24) is 9.97 Å². The highest BCUT2D eigenvalue weighted by atomic mass is 32.1. The first-order valence-electron chi connectivity index (χ1n) is 9.54. The number of fused-ring (bicyclic) bond motifs is 4. The molecule has 0 amide bonds. The molecule has 0 N–H and O–H groups in total. The van der Waals surface area contributed by atoms with Crippen molar-refractivity contribution in [3.63, 3.8) is 0 Å². The van der Waals surface area contributed by atoms with Crippen LogP contribution in [0, 0.1) is 11.6 Å². The third-order valence-corrected chi connectivity index (χ3v) is 8.86. The Morgan fingerprint density at radius 1 is 0.613 bits per heavy atom. The number of halogens is 2. The van der Waals surface area contributed by atoms with E-state index in [1.165, 1.54) is 12.1 Å². The normalized spacial score (nSPS) is 12.2. The molecule has 31 heavy (non-hydrogen) atoms. The van der Waals surface area contributed by atoms with Crippen LogP contribution in [-0.4, -0.2) is 9.97 Å². The standard InChI is InChI=1S/C24H10F2N2S3/c25-13-7-5-11-17-12(6-8-14(26)18(13)17)20-19(11)27-21-22(28-20)24(16-4-2-10-30-16)31-23(21)15-3-1-9-29-15/h1-10H. The molecular formula is C24H10F2N2S3. The van der Waals surface area contributed by atoms with Crippen molar-refractivity contribution >= 4 is 55.8 Å². The van der Waals surface area contributed by atoms with E-state index in [1.807, 2.05) is 12.1 Å². The van der Waals surface area contributed by atoms with Crippen LogP contribution in [0.1, 0.15) is 0 Å². The van der Waals surface area contributed by atoms with Gasteiger partial charge >= 0.3 is 0 Å². The van der Waals surface area contributed by atoms with E-state index in [0.29, 0.717) is 16.8 Å². The van der Waals surface area contributed by atoms with Crippen molar-refractivity contribution in [2.75, 3.05) is 0 Å². The van der Waals surface area contributed by atoms with Gasteiger partial charge in [-0.2, -0.15) is 0 Å². The van der Waals surface area contributed by atoms with Crippen molar-refractivity contribution in [3.8, 4) is 42.0 Å². The summed E-state index contributed by atoms with van der Waals surface area (Å²) in [4.78, 5) is 14.5. The van der Waals surface area contributed by atoms with Gasteiger partial charge in [-0.05, 0) is 47.2 Å². The minimum Gasteiger partial charge on any atom is -0.242 e. The first-order chi connectivity index (χ1) is 15.2. The number of nitrogens with zero attached hydrogens (tertiary/aromatic N) is 2. The van der Waals surface area contributed by atoms with Crippen molar-refractivity contribution in [2.45, 2.75) is 0 Å². The smallest absolute Gasteiger partial charge is 0.134 e. The average molecular weight is 461 g/mol. The van der Waals surface area contributed by atoms with Crippen molar-refractivity contribution in [2.24, 2.45) is 0 Å². The number of thiophene rings is 3. The summed E-state index contributed by atoms with van der Waals surface area (Å²) in [5.74, 6) is -1.13. The van der Waals surface area contributed by atoms with Gasteiger partial charge in [-0.15, -0.1) is 34.0 Å². The van der Waals surface area contributed by atoms with E-state index in [-0.39, 0.29) is 5.39 Å². The van der Waals surface area contributed by atoms with Crippen LogP contribution in [0.2, 0.25) is 0 Å². The van der Waals surface area contributed by atoms with Gasteiger partial charge in [0, 0.05) is 26.3 Å². The van der Waals surface area contributed by atoms with E-state index in [9.17, 15) is 8.78 Å². The molecular weight excluding hydrogens is 450 g/mol. The number of rotatable bonds is 2. The third-order valence-electron chi connectivity index (χ3n) is 5.59. The summed E-state index contributed by atoms with van der Waals surface area (Å²) in [6, 6.07) is 14.2.